The fourth-order valence-corrected chi connectivity index (χ4v) is 3.50. The zero-order chi connectivity index (χ0) is 14.1. The van der Waals surface area contributed by atoms with Gasteiger partial charge in [-0.3, -0.25) is 0 Å². The van der Waals surface area contributed by atoms with Crippen LogP contribution in [0.25, 0.3) is 10.8 Å². The van der Waals surface area contributed by atoms with E-state index in [2.05, 4.69) is 48.2 Å². The van der Waals surface area contributed by atoms with E-state index in [1.54, 1.807) is 0 Å². The third-order valence-electron chi connectivity index (χ3n) is 4.32. The third kappa shape index (κ3) is 2.16. The summed E-state index contributed by atoms with van der Waals surface area (Å²) in [6.07, 6.45) is 3.77. The maximum atomic E-state index is 5.85. The summed E-state index contributed by atoms with van der Waals surface area (Å²) < 4.78 is 0. The lowest BCUT2D eigenvalue weighted by Gasteiger charge is -2.27. The molecule has 1 aliphatic heterocycles. The summed E-state index contributed by atoms with van der Waals surface area (Å²) >= 11 is 5.18. The zero-order valence-electron chi connectivity index (χ0n) is 11.8. The molecule has 2 N–H and O–H groups in total. The Kier molecular flexibility index (Phi) is 3.62. The molecule has 0 amide bonds. The standard InChI is InChI=1S/C17H20N2S/c1-2-12-6-5-11-19(12)16-10-9-15(17(18)20)13-7-3-4-8-14(13)16/h3-4,7-10,12H,2,5-6,11H2,1H3,(H2,18,20). The van der Waals surface area contributed by atoms with Crippen LogP contribution in [0.3, 0.4) is 0 Å². The summed E-state index contributed by atoms with van der Waals surface area (Å²) in [5.41, 5.74) is 8.16. The minimum atomic E-state index is 0.473. The van der Waals surface area contributed by atoms with Crippen LogP contribution < -0.4 is 10.6 Å². The number of thiocarbonyl (C=S) groups is 1. The Balaban J connectivity index is 2.18. The van der Waals surface area contributed by atoms with Gasteiger partial charge in [0.25, 0.3) is 0 Å². The second-order valence-electron chi connectivity index (χ2n) is 5.44. The van der Waals surface area contributed by atoms with Crippen LogP contribution in [0.2, 0.25) is 0 Å². The molecule has 2 aromatic carbocycles. The van der Waals surface area contributed by atoms with Crippen LogP contribution in [0.15, 0.2) is 36.4 Å². The average Bonchev–Trinajstić information content (AvgIpc) is 2.94. The average molecular weight is 284 g/mol. The summed E-state index contributed by atoms with van der Waals surface area (Å²) in [6.45, 7) is 3.42. The van der Waals surface area contributed by atoms with Gasteiger partial charge in [-0.05, 0) is 36.8 Å². The molecule has 104 valence electrons. The van der Waals surface area contributed by atoms with Crippen molar-refractivity contribution in [3.8, 4) is 0 Å². The van der Waals surface area contributed by atoms with Gasteiger partial charge in [-0.1, -0.05) is 43.4 Å². The number of hydrogen-bond donors (Lipinski definition) is 1. The van der Waals surface area contributed by atoms with E-state index in [9.17, 15) is 0 Å². The van der Waals surface area contributed by atoms with Gasteiger partial charge in [0.15, 0.2) is 0 Å². The summed E-state index contributed by atoms with van der Waals surface area (Å²) in [4.78, 5) is 3.02. The van der Waals surface area contributed by atoms with Crippen molar-refractivity contribution in [1.29, 1.82) is 0 Å². The third-order valence-corrected chi connectivity index (χ3v) is 4.54. The topological polar surface area (TPSA) is 29.3 Å². The first-order chi connectivity index (χ1) is 9.72. The minimum Gasteiger partial charge on any atom is -0.389 e. The fourth-order valence-electron chi connectivity index (χ4n) is 3.33. The molecule has 0 radical (unpaired) electrons. The van der Waals surface area contributed by atoms with Gasteiger partial charge in [0.1, 0.15) is 4.99 Å². The molecule has 1 heterocycles. The first-order valence-corrected chi connectivity index (χ1v) is 7.71. The smallest absolute Gasteiger partial charge is 0.104 e. The Hall–Kier alpha value is -1.61. The molecule has 1 atom stereocenters. The van der Waals surface area contributed by atoms with Gasteiger partial charge in [-0.2, -0.15) is 0 Å². The Morgan fingerprint density at radius 1 is 1.25 bits per heavy atom. The summed E-state index contributed by atoms with van der Waals surface area (Å²) in [5, 5.41) is 2.43. The Morgan fingerprint density at radius 3 is 2.70 bits per heavy atom. The highest BCUT2D eigenvalue weighted by molar-refractivity contribution is 7.80. The van der Waals surface area contributed by atoms with Crippen molar-refractivity contribution in [2.75, 3.05) is 11.4 Å². The van der Waals surface area contributed by atoms with E-state index >= 15 is 0 Å². The lowest BCUT2D eigenvalue weighted by atomic mass is 10.0. The van der Waals surface area contributed by atoms with Crippen molar-refractivity contribution >= 4 is 33.7 Å². The predicted molar refractivity (Wildman–Crippen MR) is 90.5 cm³/mol. The lowest BCUT2D eigenvalue weighted by molar-refractivity contribution is 0.647. The predicted octanol–water partition coefficient (Wildman–Crippen LogP) is 3.85. The molecule has 0 bridgehead atoms. The molecule has 1 fully saturated rings. The molecule has 1 unspecified atom stereocenters. The van der Waals surface area contributed by atoms with Gasteiger partial charge in [0.2, 0.25) is 0 Å². The first-order valence-electron chi connectivity index (χ1n) is 7.30. The molecule has 2 nitrogen and oxygen atoms in total. The number of fused-ring (bicyclic) bond motifs is 1. The molecule has 2 aromatic rings. The molecule has 1 aliphatic rings. The molecule has 0 aliphatic carbocycles. The van der Waals surface area contributed by atoms with Crippen LogP contribution in [-0.4, -0.2) is 17.6 Å². The van der Waals surface area contributed by atoms with Crippen molar-refractivity contribution < 1.29 is 0 Å². The number of anilines is 1. The normalized spacial score (nSPS) is 18.6. The van der Waals surface area contributed by atoms with Crippen LogP contribution >= 0.6 is 12.2 Å². The van der Waals surface area contributed by atoms with Crippen LogP contribution in [0, 0.1) is 0 Å². The van der Waals surface area contributed by atoms with E-state index in [4.69, 9.17) is 18.0 Å². The van der Waals surface area contributed by atoms with Crippen molar-refractivity contribution in [3.05, 3.63) is 42.0 Å². The van der Waals surface area contributed by atoms with Crippen molar-refractivity contribution in [3.63, 3.8) is 0 Å². The van der Waals surface area contributed by atoms with E-state index in [1.165, 1.54) is 35.7 Å². The first kappa shape index (κ1) is 13.4. The van der Waals surface area contributed by atoms with Gasteiger partial charge in [0.05, 0.1) is 0 Å². The Bertz CT molecular complexity index is 650. The van der Waals surface area contributed by atoms with Crippen LogP contribution in [-0.2, 0) is 0 Å². The number of nitrogens with two attached hydrogens (primary N) is 1. The highest BCUT2D eigenvalue weighted by Gasteiger charge is 2.24. The van der Waals surface area contributed by atoms with E-state index < -0.39 is 0 Å². The van der Waals surface area contributed by atoms with Gasteiger partial charge < -0.3 is 10.6 Å². The number of hydrogen-bond acceptors (Lipinski definition) is 2. The quantitative estimate of drug-likeness (QED) is 0.868. The molecule has 3 rings (SSSR count). The molecular formula is C17H20N2S. The maximum Gasteiger partial charge on any atom is 0.104 e. The lowest BCUT2D eigenvalue weighted by Crippen LogP contribution is -2.28. The van der Waals surface area contributed by atoms with E-state index in [0.29, 0.717) is 11.0 Å². The minimum absolute atomic E-state index is 0.473. The van der Waals surface area contributed by atoms with Gasteiger partial charge >= 0.3 is 0 Å². The van der Waals surface area contributed by atoms with Gasteiger partial charge in [-0.25, -0.2) is 0 Å². The highest BCUT2D eigenvalue weighted by Crippen LogP contribution is 2.34. The second kappa shape index (κ2) is 5.41. The van der Waals surface area contributed by atoms with Crippen molar-refractivity contribution in [1.82, 2.24) is 0 Å². The summed E-state index contributed by atoms with van der Waals surface area (Å²) in [5.74, 6) is 0. The molecular weight excluding hydrogens is 264 g/mol. The molecule has 3 heteroatoms. The SMILES string of the molecule is CCC1CCCN1c1ccc(C(N)=S)c2ccccc12. The number of rotatable bonds is 3. The second-order valence-corrected chi connectivity index (χ2v) is 5.88. The highest BCUT2D eigenvalue weighted by atomic mass is 32.1. The molecule has 0 aromatic heterocycles. The molecule has 0 spiro atoms. The largest absolute Gasteiger partial charge is 0.389 e. The maximum absolute atomic E-state index is 5.85. The van der Waals surface area contributed by atoms with Crippen LogP contribution in [0.4, 0.5) is 5.69 Å². The van der Waals surface area contributed by atoms with Crippen molar-refractivity contribution in [2.45, 2.75) is 32.2 Å². The van der Waals surface area contributed by atoms with Crippen LogP contribution in [0.1, 0.15) is 31.7 Å². The zero-order valence-corrected chi connectivity index (χ0v) is 12.6. The fraction of sp³-hybridized carbons (Fsp3) is 0.353. The van der Waals surface area contributed by atoms with Crippen molar-refractivity contribution in [2.24, 2.45) is 5.73 Å². The van der Waals surface area contributed by atoms with E-state index in [0.717, 1.165) is 12.1 Å². The van der Waals surface area contributed by atoms with Gasteiger partial charge in [-0.15, -0.1) is 0 Å². The van der Waals surface area contributed by atoms with E-state index in [1.807, 2.05) is 0 Å². The summed E-state index contributed by atoms with van der Waals surface area (Å²) in [6, 6.07) is 13.4. The Morgan fingerprint density at radius 2 is 2.00 bits per heavy atom. The molecule has 20 heavy (non-hydrogen) atoms. The molecule has 0 saturated carbocycles. The van der Waals surface area contributed by atoms with Gasteiger partial charge in [0, 0.05) is 29.2 Å². The Labute approximate surface area is 125 Å². The number of benzene rings is 2. The monoisotopic (exact) mass is 284 g/mol. The van der Waals surface area contributed by atoms with E-state index in [-0.39, 0.29) is 0 Å². The van der Waals surface area contributed by atoms with Crippen LogP contribution in [0.5, 0.6) is 0 Å². The summed E-state index contributed by atoms with van der Waals surface area (Å²) in [7, 11) is 0. The molecule has 1 saturated heterocycles. The number of nitrogens with zero attached hydrogens (tertiary/aromatic N) is 1.